The molecule has 0 fully saturated rings. The number of methoxy groups -OCH3 is 1. The fourth-order valence-electron chi connectivity index (χ4n) is 1.29. The van der Waals surface area contributed by atoms with E-state index in [4.69, 9.17) is 4.74 Å². The largest absolute Gasteiger partial charge is 0.383 e. The van der Waals surface area contributed by atoms with Crippen molar-refractivity contribution in [3.05, 3.63) is 30.1 Å². The van der Waals surface area contributed by atoms with Crippen molar-refractivity contribution in [1.82, 2.24) is 10.6 Å². The molecule has 0 heterocycles. The van der Waals surface area contributed by atoms with E-state index in [1.807, 2.05) is 0 Å². The Morgan fingerprint density at radius 2 is 2.06 bits per heavy atom. The predicted octanol–water partition coefficient (Wildman–Crippen LogP) is 1.18. The first kappa shape index (κ1) is 14.4. The first-order chi connectivity index (χ1) is 8.74. The average Bonchev–Trinajstić information content (AvgIpc) is 2.36. The first-order valence-electron chi connectivity index (χ1n) is 5.73. The van der Waals surface area contributed by atoms with Gasteiger partial charge in [-0.1, -0.05) is 12.1 Å². The average molecular weight is 255 g/mol. The zero-order valence-electron chi connectivity index (χ0n) is 10.3. The summed E-state index contributed by atoms with van der Waals surface area (Å²) in [4.78, 5) is 11.4. The molecule has 0 aliphatic rings. The number of nitrogens with one attached hydrogen (secondary N) is 3. The molecule has 0 unspecified atom stereocenters. The highest BCUT2D eigenvalue weighted by molar-refractivity contribution is 5.89. The van der Waals surface area contributed by atoms with Crippen LogP contribution in [0.25, 0.3) is 0 Å². The highest BCUT2D eigenvalue weighted by Crippen LogP contribution is 2.11. The Hall–Kier alpha value is -1.66. The third-order valence-corrected chi connectivity index (χ3v) is 2.19. The molecule has 6 heteroatoms. The number of urea groups is 1. The van der Waals surface area contributed by atoms with Gasteiger partial charge in [0, 0.05) is 26.7 Å². The molecule has 0 aromatic heterocycles. The lowest BCUT2D eigenvalue weighted by Gasteiger charge is -2.08. The number of amides is 2. The highest BCUT2D eigenvalue weighted by atomic mass is 19.1. The molecule has 1 rings (SSSR count). The van der Waals surface area contributed by atoms with E-state index in [2.05, 4.69) is 16.0 Å². The molecule has 5 nitrogen and oxygen atoms in total. The van der Waals surface area contributed by atoms with E-state index in [0.29, 0.717) is 19.7 Å². The Balaban J connectivity index is 2.16. The van der Waals surface area contributed by atoms with Crippen LogP contribution in [0.5, 0.6) is 0 Å². The number of hydrogen-bond acceptors (Lipinski definition) is 3. The number of hydrogen-bond donors (Lipinski definition) is 3. The van der Waals surface area contributed by atoms with E-state index >= 15 is 0 Å². The van der Waals surface area contributed by atoms with Crippen molar-refractivity contribution < 1.29 is 13.9 Å². The number of halogens is 1. The predicted molar refractivity (Wildman–Crippen MR) is 68.2 cm³/mol. The quantitative estimate of drug-likeness (QED) is 0.641. The zero-order valence-corrected chi connectivity index (χ0v) is 10.3. The number of benzene rings is 1. The van der Waals surface area contributed by atoms with E-state index in [1.54, 1.807) is 19.2 Å². The van der Waals surface area contributed by atoms with Gasteiger partial charge in [-0.2, -0.15) is 0 Å². The maximum absolute atomic E-state index is 13.2. The summed E-state index contributed by atoms with van der Waals surface area (Å²) in [5.74, 6) is -0.453. The van der Waals surface area contributed by atoms with E-state index in [9.17, 15) is 9.18 Å². The van der Waals surface area contributed by atoms with Crippen LogP contribution < -0.4 is 16.0 Å². The Kier molecular flexibility index (Phi) is 6.75. The third kappa shape index (κ3) is 5.60. The minimum atomic E-state index is -0.453. The molecule has 1 aromatic rings. The normalized spacial score (nSPS) is 10.1. The van der Waals surface area contributed by atoms with Gasteiger partial charge in [-0.15, -0.1) is 0 Å². The molecular formula is C12H18FN3O2. The van der Waals surface area contributed by atoms with Crippen LogP contribution in [0.2, 0.25) is 0 Å². The van der Waals surface area contributed by atoms with Gasteiger partial charge in [0.05, 0.1) is 12.3 Å². The van der Waals surface area contributed by atoms with Crippen molar-refractivity contribution in [3.63, 3.8) is 0 Å². The lowest BCUT2D eigenvalue weighted by Crippen LogP contribution is -2.35. The monoisotopic (exact) mass is 255 g/mol. The maximum atomic E-state index is 13.2. The fraction of sp³-hybridized carbons (Fsp3) is 0.417. The van der Waals surface area contributed by atoms with Crippen molar-refractivity contribution >= 4 is 11.7 Å². The van der Waals surface area contributed by atoms with E-state index in [0.717, 1.165) is 6.54 Å². The zero-order chi connectivity index (χ0) is 13.2. The summed E-state index contributed by atoms with van der Waals surface area (Å²) in [5.41, 5.74) is 0.169. The molecule has 0 atom stereocenters. The summed E-state index contributed by atoms with van der Waals surface area (Å²) in [6, 6.07) is 5.60. The maximum Gasteiger partial charge on any atom is 0.319 e. The molecule has 0 saturated carbocycles. The second-order valence-electron chi connectivity index (χ2n) is 3.60. The summed E-state index contributed by atoms with van der Waals surface area (Å²) >= 11 is 0. The van der Waals surface area contributed by atoms with Crippen molar-refractivity contribution in [2.45, 2.75) is 0 Å². The van der Waals surface area contributed by atoms with Gasteiger partial charge >= 0.3 is 6.03 Å². The minimum Gasteiger partial charge on any atom is -0.383 e. The number of carbonyl (C=O) groups is 1. The summed E-state index contributed by atoms with van der Waals surface area (Å²) in [5, 5.41) is 8.13. The topological polar surface area (TPSA) is 62.4 Å². The lowest BCUT2D eigenvalue weighted by atomic mass is 10.3. The smallest absolute Gasteiger partial charge is 0.319 e. The first-order valence-corrected chi connectivity index (χ1v) is 5.73. The summed E-state index contributed by atoms with van der Waals surface area (Å²) in [7, 11) is 1.63. The van der Waals surface area contributed by atoms with Gasteiger partial charge in [0.2, 0.25) is 0 Å². The van der Waals surface area contributed by atoms with E-state index in [1.165, 1.54) is 12.1 Å². The summed E-state index contributed by atoms with van der Waals surface area (Å²) in [6.45, 7) is 2.45. The number of anilines is 1. The number of carbonyl (C=O) groups excluding carboxylic acids is 1. The van der Waals surface area contributed by atoms with Crippen LogP contribution in [0.1, 0.15) is 0 Å². The molecule has 0 saturated heterocycles. The van der Waals surface area contributed by atoms with Gasteiger partial charge in [0.1, 0.15) is 5.82 Å². The molecular weight excluding hydrogens is 237 g/mol. The number of rotatable bonds is 7. The van der Waals surface area contributed by atoms with Gasteiger partial charge in [-0.3, -0.25) is 0 Å². The van der Waals surface area contributed by atoms with Crippen LogP contribution in [0, 0.1) is 5.82 Å². The van der Waals surface area contributed by atoms with Crippen LogP contribution in [0.3, 0.4) is 0 Å². The van der Waals surface area contributed by atoms with Gasteiger partial charge in [0.15, 0.2) is 0 Å². The van der Waals surface area contributed by atoms with Crippen molar-refractivity contribution in [2.75, 3.05) is 38.7 Å². The summed E-state index contributed by atoms with van der Waals surface area (Å²) in [6.07, 6.45) is 0. The van der Waals surface area contributed by atoms with Crippen LogP contribution in [0.4, 0.5) is 14.9 Å². The molecule has 1 aromatic carbocycles. The molecule has 2 amide bonds. The SMILES string of the molecule is COCCNCCNC(=O)Nc1ccccc1F. The Bertz CT molecular complexity index is 374. The second kappa shape index (κ2) is 8.43. The molecule has 0 aliphatic heterocycles. The van der Waals surface area contributed by atoms with Gasteiger partial charge < -0.3 is 20.7 Å². The standard InChI is InChI=1S/C12H18FN3O2/c1-18-9-8-14-6-7-15-12(17)16-11-5-3-2-4-10(11)13/h2-5,14H,6-9H2,1H3,(H2,15,16,17). The molecule has 3 N–H and O–H groups in total. The Labute approximate surface area is 106 Å². The highest BCUT2D eigenvalue weighted by Gasteiger charge is 2.04. The summed E-state index contributed by atoms with van der Waals surface area (Å²) < 4.78 is 18.1. The second-order valence-corrected chi connectivity index (χ2v) is 3.60. The molecule has 0 spiro atoms. The number of para-hydroxylation sites is 1. The van der Waals surface area contributed by atoms with Crippen LogP contribution in [-0.4, -0.2) is 39.4 Å². The lowest BCUT2D eigenvalue weighted by molar-refractivity contribution is 0.199. The van der Waals surface area contributed by atoms with Crippen LogP contribution >= 0.6 is 0 Å². The molecule has 0 aliphatic carbocycles. The van der Waals surface area contributed by atoms with Crippen molar-refractivity contribution in [3.8, 4) is 0 Å². The Morgan fingerprint density at radius 1 is 1.28 bits per heavy atom. The Morgan fingerprint density at radius 3 is 2.78 bits per heavy atom. The third-order valence-electron chi connectivity index (χ3n) is 2.19. The van der Waals surface area contributed by atoms with Crippen molar-refractivity contribution in [2.24, 2.45) is 0 Å². The molecule has 18 heavy (non-hydrogen) atoms. The number of ether oxygens (including phenoxy) is 1. The van der Waals surface area contributed by atoms with E-state index in [-0.39, 0.29) is 5.69 Å². The van der Waals surface area contributed by atoms with Crippen LogP contribution in [0.15, 0.2) is 24.3 Å². The minimum absolute atomic E-state index is 0.169. The molecule has 0 radical (unpaired) electrons. The van der Waals surface area contributed by atoms with Gasteiger partial charge in [-0.05, 0) is 12.1 Å². The van der Waals surface area contributed by atoms with Gasteiger partial charge in [-0.25, -0.2) is 9.18 Å². The molecule has 0 bridgehead atoms. The van der Waals surface area contributed by atoms with E-state index < -0.39 is 11.8 Å². The fourth-order valence-corrected chi connectivity index (χ4v) is 1.29. The molecule has 100 valence electrons. The van der Waals surface area contributed by atoms with Crippen molar-refractivity contribution in [1.29, 1.82) is 0 Å². The van der Waals surface area contributed by atoms with Gasteiger partial charge in [0.25, 0.3) is 0 Å². The van der Waals surface area contributed by atoms with Crippen LogP contribution in [-0.2, 0) is 4.74 Å².